The van der Waals surface area contributed by atoms with Crippen LogP contribution in [0.1, 0.15) is 0 Å². The van der Waals surface area contributed by atoms with Gasteiger partial charge in [-0.25, -0.2) is 4.98 Å². The van der Waals surface area contributed by atoms with E-state index in [9.17, 15) is 0 Å². The molecule has 2 aromatic rings. The van der Waals surface area contributed by atoms with Gasteiger partial charge >= 0.3 is 0 Å². The van der Waals surface area contributed by atoms with Gasteiger partial charge in [0.05, 0.1) is 0 Å². The van der Waals surface area contributed by atoms with Crippen LogP contribution in [0.2, 0.25) is 0 Å². The molecule has 0 aliphatic rings. The van der Waals surface area contributed by atoms with E-state index in [-0.39, 0.29) is 22.5 Å². The van der Waals surface area contributed by atoms with Crippen LogP contribution in [0.25, 0.3) is 4.96 Å². The fourth-order valence-electron chi connectivity index (χ4n) is 0.889. The van der Waals surface area contributed by atoms with Crippen molar-refractivity contribution in [1.29, 1.82) is 5.41 Å². The van der Waals surface area contributed by atoms with Gasteiger partial charge < -0.3 is 11.2 Å². The van der Waals surface area contributed by atoms with Crippen molar-refractivity contribution >= 4 is 39.1 Å². The Labute approximate surface area is 88.4 Å². The number of nitrogen functional groups attached to an aromatic ring is 1. The van der Waals surface area contributed by atoms with E-state index in [1.165, 1.54) is 17.4 Å². The molecular formula is C6H9BrN4OS. The molecule has 2 aromatic heterocycles. The molecule has 0 saturated carbocycles. The summed E-state index contributed by atoms with van der Waals surface area (Å²) in [6.45, 7) is 0. The van der Waals surface area contributed by atoms with Crippen molar-refractivity contribution in [1.82, 2.24) is 9.38 Å². The lowest BCUT2D eigenvalue weighted by Gasteiger charge is -1.93. The predicted octanol–water partition coefficient (Wildman–Crippen LogP) is 0.211. The highest BCUT2D eigenvalue weighted by atomic mass is 79.9. The van der Waals surface area contributed by atoms with Crippen LogP contribution in [-0.2, 0) is 0 Å². The number of fused-ring (bicyclic) bond motifs is 1. The highest BCUT2D eigenvalue weighted by molar-refractivity contribution is 8.93. The number of thiazole rings is 1. The molecule has 2 rings (SSSR count). The van der Waals surface area contributed by atoms with E-state index >= 15 is 0 Å². The van der Waals surface area contributed by atoms with Gasteiger partial charge in [0.1, 0.15) is 11.3 Å². The molecule has 0 fully saturated rings. The fraction of sp³-hybridized carbons (Fsp3) is 0. The number of rotatable bonds is 0. The standard InChI is InChI=1S/C6H6N4S.BrH.H2O/c7-4-3-5(8)10-1-2-11-6(10)9-4;;/h1-3,8H,7H2;1H;1H2. The van der Waals surface area contributed by atoms with E-state index in [0.29, 0.717) is 11.3 Å². The maximum atomic E-state index is 7.47. The molecule has 0 bridgehead atoms. The van der Waals surface area contributed by atoms with Crippen LogP contribution in [0.15, 0.2) is 17.6 Å². The molecule has 0 atom stereocenters. The van der Waals surface area contributed by atoms with Crippen molar-refractivity contribution in [3.8, 4) is 0 Å². The molecule has 2 heterocycles. The summed E-state index contributed by atoms with van der Waals surface area (Å²) in [5.41, 5.74) is 5.82. The summed E-state index contributed by atoms with van der Waals surface area (Å²) in [6, 6.07) is 1.53. The molecule has 0 spiro atoms. The van der Waals surface area contributed by atoms with E-state index in [1.807, 2.05) is 5.38 Å². The Bertz CT molecular complexity index is 451. The maximum absolute atomic E-state index is 7.47. The summed E-state index contributed by atoms with van der Waals surface area (Å²) < 4.78 is 1.68. The third-order valence-corrected chi connectivity index (χ3v) is 2.11. The average Bonchev–Trinajstić information content (AvgIpc) is 2.34. The summed E-state index contributed by atoms with van der Waals surface area (Å²) in [4.78, 5) is 4.80. The first-order chi connectivity index (χ1) is 5.27. The highest BCUT2D eigenvalue weighted by Crippen LogP contribution is 2.06. The van der Waals surface area contributed by atoms with E-state index in [1.54, 1.807) is 10.6 Å². The van der Waals surface area contributed by atoms with Gasteiger partial charge in [0, 0.05) is 17.6 Å². The van der Waals surface area contributed by atoms with Crippen molar-refractivity contribution in [2.45, 2.75) is 0 Å². The second-order valence-corrected chi connectivity index (χ2v) is 2.99. The molecule has 7 heteroatoms. The minimum absolute atomic E-state index is 0. The first-order valence-electron chi connectivity index (χ1n) is 3.04. The van der Waals surface area contributed by atoms with Crippen LogP contribution in [-0.4, -0.2) is 14.9 Å². The van der Waals surface area contributed by atoms with Crippen LogP contribution in [0.4, 0.5) is 5.82 Å². The number of nitrogens with two attached hydrogens (primary N) is 1. The lowest BCUT2D eigenvalue weighted by molar-refractivity contribution is 0.824. The van der Waals surface area contributed by atoms with Gasteiger partial charge in [0.25, 0.3) is 0 Å². The predicted molar refractivity (Wildman–Crippen MR) is 57.3 cm³/mol. The van der Waals surface area contributed by atoms with Crippen molar-refractivity contribution in [2.75, 3.05) is 5.73 Å². The van der Waals surface area contributed by atoms with Crippen molar-refractivity contribution in [2.24, 2.45) is 0 Å². The van der Waals surface area contributed by atoms with E-state index < -0.39 is 0 Å². The first kappa shape index (κ1) is 12.1. The maximum Gasteiger partial charge on any atom is 0.197 e. The van der Waals surface area contributed by atoms with Gasteiger partial charge in [-0.3, -0.25) is 9.81 Å². The second-order valence-electron chi connectivity index (χ2n) is 2.12. The first-order valence-corrected chi connectivity index (χ1v) is 3.92. The SMILES string of the molecule is Br.N=c1cc(N)nc2sccn12.O. The molecule has 0 saturated heterocycles. The summed E-state index contributed by atoms with van der Waals surface area (Å²) in [7, 11) is 0. The van der Waals surface area contributed by atoms with Gasteiger partial charge in [-0.1, -0.05) is 0 Å². The van der Waals surface area contributed by atoms with Gasteiger partial charge in [0.15, 0.2) is 4.96 Å². The van der Waals surface area contributed by atoms with E-state index in [0.717, 1.165) is 4.96 Å². The van der Waals surface area contributed by atoms with Gasteiger partial charge in [0.2, 0.25) is 0 Å². The monoisotopic (exact) mass is 264 g/mol. The Morgan fingerprint density at radius 3 is 2.92 bits per heavy atom. The molecule has 0 unspecified atom stereocenters. The number of hydrogen-bond donors (Lipinski definition) is 2. The summed E-state index contributed by atoms with van der Waals surface area (Å²) in [5, 5.41) is 9.35. The molecule has 0 aliphatic heterocycles. The van der Waals surface area contributed by atoms with Gasteiger partial charge in [-0.05, 0) is 0 Å². The Balaban J connectivity index is 0.000000720. The molecule has 0 radical (unpaired) electrons. The third-order valence-electron chi connectivity index (χ3n) is 1.36. The largest absolute Gasteiger partial charge is 0.412 e. The van der Waals surface area contributed by atoms with Crippen LogP contribution in [0, 0.1) is 5.41 Å². The third kappa shape index (κ3) is 2.06. The highest BCUT2D eigenvalue weighted by Gasteiger charge is 1.96. The molecule has 0 aromatic carbocycles. The van der Waals surface area contributed by atoms with Crippen molar-refractivity contribution < 1.29 is 5.48 Å². The quantitative estimate of drug-likeness (QED) is 0.711. The fourth-order valence-corrected chi connectivity index (χ4v) is 1.62. The zero-order chi connectivity index (χ0) is 7.84. The number of hydrogen-bond acceptors (Lipinski definition) is 4. The lowest BCUT2D eigenvalue weighted by atomic mass is 10.6. The van der Waals surface area contributed by atoms with E-state index in [4.69, 9.17) is 11.1 Å². The van der Waals surface area contributed by atoms with Crippen LogP contribution >= 0.6 is 28.3 Å². The summed E-state index contributed by atoms with van der Waals surface area (Å²) in [5.74, 6) is 0.400. The lowest BCUT2D eigenvalue weighted by Crippen LogP contribution is -2.12. The van der Waals surface area contributed by atoms with Gasteiger partial charge in [-0.2, -0.15) is 0 Å². The number of nitrogens with one attached hydrogen (secondary N) is 1. The Hall–Kier alpha value is -0.920. The molecule has 5 N–H and O–H groups in total. The normalized spacial score (nSPS) is 8.92. The number of nitrogens with zero attached hydrogens (tertiary/aromatic N) is 2. The Morgan fingerprint density at radius 1 is 1.54 bits per heavy atom. The molecular weight excluding hydrogens is 256 g/mol. The molecule has 5 nitrogen and oxygen atoms in total. The van der Waals surface area contributed by atoms with E-state index in [2.05, 4.69) is 4.98 Å². The molecule has 13 heavy (non-hydrogen) atoms. The van der Waals surface area contributed by atoms with Crippen LogP contribution in [0.5, 0.6) is 0 Å². The van der Waals surface area contributed by atoms with Crippen LogP contribution < -0.4 is 11.2 Å². The second kappa shape index (κ2) is 4.35. The molecule has 0 aliphatic carbocycles. The van der Waals surface area contributed by atoms with Crippen molar-refractivity contribution in [3.63, 3.8) is 0 Å². The van der Waals surface area contributed by atoms with Crippen molar-refractivity contribution in [3.05, 3.63) is 23.1 Å². The molecule has 72 valence electrons. The minimum Gasteiger partial charge on any atom is -0.412 e. The topological polar surface area (TPSA) is 98.7 Å². The minimum atomic E-state index is 0. The zero-order valence-corrected chi connectivity index (χ0v) is 9.05. The summed E-state index contributed by atoms with van der Waals surface area (Å²) >= 11 is 1.47. The Morgan fingerprint density at radius 2 is 2.23 bits per heavy atom. The molecule has 0 amide bonds. The average molecular weight is 265 g/mol. The Kier molecular flexibility index (Phi) is 4.05. The van der Waals surface area contributed by atoms with Crippen LogP contribution in [0.3, 0.4) is 0 Å². The van der Waals surface area contributed by atoms with Gasteiger partial charge in [-0.15, -0.1) is 28.3 Å². The summed E-state index contributed by atoms with van der Waals surface area (Å²) in [6.07, 6.45) is 1.80. The number of anilines is 1. The number of aromatic nitrogens is 2. The smallest absolute Gasteiger partial charge is 0.197 e. The zero-order valence-electron chi connectivity index (χ0n) is 6.52. The number of halogens is 1.